The number of hydrogen-bond acceptors (Lipinski definition) is 10. The molecule has 2 heterocycles. The summed E-state index contributed by atoms with van der Waals surface area (Å²) in [4.78, 5) is 40.9. The van der Waals surface area contributed by atoms with Gasteiger partial charge in [0.15, 0.2) is 14.1 Å². The van der Waals surface area contributed by atoms with Gasteiger partial charge in [-0.1, -0.05) is 12.1 Å². The van der Waals surface area contributed by atoms with Crippen molar-refractivity contribution in [3.8, 4) is 0 Å². The number of halogens is 1. The Morgan fingerprint density at radius 2 is 1.88 bits per heavy atom. The third-order valence-electron chi connectivity index (χ3n) is 7.82. The lowest BCUT2D eigenvalue weighted by atomic mass is 9.64. The van der Waals surface area contributed by atoms with E-state index >= 15 is 4.39 Å². The second kappa shape index (κ2) is 11.5. The number of rotatable bonds is 10. The Hall–Kier alpha value is -3.40. The molecule has 0 bridgehead atoms. The molecular weight excluding hydrogens is 538 g/mol. The number of aliphatic hydroxyl groups is 4. The number of nitrogens with zero attached hydrogens (tertiary/aromatic N) is 2. The number of nitrogens with one attached hydrogen (secondary N) is 2. The third-order valence-corrected chi connectivity index (χ3v) is 7.82. The minimum atomic E-state index is -2.89. The molecule has 12 nitrogen and oxygen atoms in total. The molecule has 41 heavy (non-hydrogen) atoms. The van der Waals surface area contributed by atoms with Gasteiger partial charge in [0.25, 0.3) is 11.8 Å². The zero-order valence-corrected chi connectivity index (χ0v) is 23.1. The molecular formula is C27H34BFN4O8. The Labute approximate surface area is 237 Å². The highest BCUT2D eigenvalue weighted by Crippen LogP contribution is 2.37. The van der Waals surface area contributed by atoms with Crippen LogP contribution in [0.2, 0.25) is 0 Å². The Morgan fingerprint density at radius 1 is 1.20 bits per heavy atom. The molecule has 0 spiro atoms. The SMILES string of the molecule is BC(O)(C(C(=O)NC)N1Cc2c(NC(O)(O)c3ccc(CN4CCOCC4)cc3F)cccc2C1=O)C(C)(O)C=O. The van der Waals surface area contributed by atoms with Crippen LogP contribution in [0.4, 0.5) is 10.1 Å². The molecule has 4 rings (SSSR count). The molecule has 2 aliphatic heterocycles. The van der Waals surface area contributed by atoms with Gasteiger partial charge in [-0.05, 0) is 36.8 Å². The fraction of sp³-hybridized carbons (Fsp3) is 0.444. The summed E-state index contributed by atoms with van der Waals surface area (Å²) in [5.74, 6) is -5.30. The van der Waals surface area contributed by atoms with Gasteiger partial charge in [-0.2, -0.15) is 0 Å². The highest BCUT2D eigenvalue weighted by atomic mass is 19.1. The number of benzene rings is 2. The first-order chi connectivity index (χ1) is 19.2. The van der Waals surface area contributed by atoms with Crippen molar-refractivity contribution < 1.29 is 43.9 Å². The molecule has 220 valence electrons. The fourth-order valence-corrected chi connectivity index (χ4v) is 5.13. The standard InChI is InChI=1S/C27H34BFN4O8/c1-25(37,15-34)26(28,38)22(23(35)30-2)33-14-18-17(24(33)36)4-3-5-21(18)31-27(39,40)19-7-6-16(12-20(19)29)13-32-8-10-41-11-9-32/h3-7,12,15,22,31,37-40H,8-11,13-14,28H2,1-2H3,(H,30,35). The maximum atomic E-state index is 15.1. The second-order valence-electron chi connectivity index (χ2n) is 10.7. The summed E-state index contributed by atoms with van der Waals surface area (Å²) in [6.45, 7) is 3.75. The molecule has 2 aromatic rings. The second-order valence-corrected chi connectivity index (χ2v) is 10.7. The van der Waals surface area contributed by atoms with Crippen molar-refractivity contribution in [2.24, 2.45) is 0 Å². The number of carbonyl (C=O) groups is 3. The smallest absolute Gasteiger partial charge is 0.275 e. The van der Waals surface area contributed by atoms with Crippen LogP contribution in [0.5, 0.6) is 0 Å². The van der Waals surface area contributed by atoms with Gasteiger partial charge >= 0.3 is 0 Å². The zero-order chi connectivity index (χ0) is 30.2. The minimum Gasteiger partial charge on any atom is -0.393 e. The van der Waals surface area contributed by atoms with Crippen molar-refractivity contribution in [2.45, 2.75) is 43.1 Å². The summed E-state index contributed by atoms with van der Waals surface area (Å²) in [5.41, 5.74) is -4.27. The molecule has 2 aromatic carbocycles. The molecule has 0 aliphatic carbocycles. The van der Waals surface area contributed by atoms with Crippen molar-refractivity contribution in [3.63, 3.8) is 0 Å². The maximum Gasteiger partial charge on any atom is 0.275 e. The van der Waals surface area contributed by atoms with Crippen LogP contribution in [0.15, 0.2) is 36.4 Å². The van der Waals surface area contributed by atoms with Crippen LogP contribution in [-0.2, 0) is 33.3 Å². The van der Waals surface area contributed by atoms with Crippen LogP contribution in [-0.4, -0.2) is 107 Å². The monoisotopic (exact) mass is 572 g/mol. The van der Waals surface area contributed by atoms with Crippen molar-refractivity contribution in [1.82, 2.24) is 15.1 Å². The van der Waals surface area contributed by atoms with E-state index in [2.05, 4.69) is 15.5 Å². The van der Waals surface area contributed by atoms with E-state index in [1.807, 2.05) is 0 Å². The van der Waals surface area contributed by atoms with E-state index < -0.39 is 46.2 Å². The van der Waals surface area contributed by atoms with E-state index in [-0.39, 0.29) is 29.6 Å². The van der Waals surface area contributed by atoms with Gasteiger partial charge in [0.1, 0.15) is 17.5 Å². The van der Waals surface area contributed by atoms with Crippen molar-refractivity contribution in [2.75, 3.05) is 38.7 Å². The predicted octanol–water partition coefficient (Wildman–Crippen LogP) is -1.79. The molecule has 6 N–H and O–H groups in total. The Kier molecular flexibility index (Phi) is 8.55. The van der Waals surface area contributed by atoms with E-state index in [4.69, 9.17) is 4.74 Å². The summed E-state index contributed by atoms with van der Waals surface area (Å²) in [7, 11) is 2.34. The van der Waals surface area contributed by atoms with Gasteiger partial charge in [0.2, 0.25) is 5.91 Å². The summed E-state index contributed by atoms with van der Waals surface area (Å²) in [6, 6.07) is 6.71. The average molecular weight is 572 g/mol. The number of ether oxygens (including phenoxy) is 1. The normalized spacial score (nSPS) is 19.6. The number of likely N-dealkylation sites (N-methyl/N-ethyl adjacent to an activating group) is 1. The van der Waals surface area contributed by atoms with E-state index in [1.54, 1.807) is 6.07 Å². The van der Waals surface area contributed by atoms with E-state index in [1.165, 1.54) is 37.4 Å². The molecule has 0 radical (unpaired) electrons. The minimum absolute atomic E-state index is 0.0533. The average Bonchev–Trinajstić information content (AvgIpc) is 3.25. The fourth-order valence-electron chi connectivity index (χ4n) is 5.13. The van der Waals surface area contributed by atoms with Gasteiger partial charge in [-0.3, -0.25) is 14.5 Å². The van der Waals surface area contributed by atoms with Gasteiger partial charge < -0.3 is 45.5 Å². The largest absolute Gasteiger partial charge is 0.393 e. The van der Waals surface area contributed by atoms with Crippen molar-refractivity contribution in [1.29, 1.82) is 0 Å². The lowest BCUT2D eigenvalue weighted by molar-refractivity contribution is -0.157. The number of aldehydes is 1. The Balaban J connectivity index is 1.61. The molecule has 2 aliphatic rings. The number of amides is 2. The zero-order valence-electron chi connectivity index (χ0n) is 23.1. The molecule has 1 fully saturated rings. The summed E-state index contributed by atoms with van der Waals surface area (Å²) < 4.78 is 20.4. The Bertz CT molecular complexity index is 1330. The topological polar surface area (TPSA) is 172 Å². The number of anilines is 1. The lowest BCUT2D eigenvalue weighted by Crippen LogP contribution is -2.69. The molecule has 1 saturated heterocycles. The van der Waals surface area contributed by atoms with Crippen LogP contribution in [0.3, 0.4) is 0 Å². The number of morpholine rings is 1. The van der Waals surface area contributed by atoms with Crippen LogP contribution >= 0.6 is 0 Å². The first kappa shape index (κ1) is 30.6. The molecule has 0 aromatic heterocycles. The summed E-state index contributed by atoms with van der Waals surface area (Å²) >= 11 is 0. The van der Waals surface area contributed by atoms with Gasteiger partial charge in [-0.25, -0.2) is 4.39 Å². The van der Waals surface area contributed by atoms with Gasteiger partial charge in [-0.15, -0.1) is 0 Å². The first-order valence-electron chi connectivity index (χ1n) is 13.1. The van der Waals surface area contributed by atoms with Crippen LogP contribution < -0.4 is 10.6 Å². The highest BCUT2D eigenvalue weighted by Gasteiger charge is 2.55. The quantitative estimate of drug-likeness (QED) is 0.109. The third kappa shape index (κ3) is 5.84. The van der Waals surface area contributed by atoms with E-state index in [0.29, 0.717) is 38.4 Å². The molecule has 3 unspecified atom stereocenters. The molecule has 0 saturated carbocycles. The Morgan fingerprint density at radius 3 is 2.49 bits per heavy atom. The van der Waals surface area contributed by atoms with Crippen molar-refractivity contribution >= 4 is 31.6 Å². The first-order valence-corrected chi connectivity index (χ1v) is 13.1. The van der Waals surface area contributed by atoms with Crippen LogP contribution in [0.25, 0.3) is 0 Å². The van der Waals surface area contributed by atoms with Gasteiger partial charge in [0, 0.05) is 50.0 Å². The van der Waals surface area contributed by atoms with E-state index in [9.17, 15) is 34.8 Å². The number of fused-ring (bicyclic) bond motifs is 1. The number of carbonyl (C=O) groups excluding carboxylic acids is 3. The molecule has 14 heteroatoms. The van der Waals surface area contributed by atoms with Gasteiger partial charge in [0.05, 0.1) is 24.3 Å². The lowest BCUT2D eigenvalue weighted by Gasteiger charge is -2.43. The maximum absolute atomic E-state index is 15.1. The van der Waals surface area contributed by atoms with Crippen LogP contribution in [0, 0.1) is 5.82 Å². The summed E-state index contributed by atoms with van der Waals surface area (Å²) in [5, 5.41) is 48.3. The summed E-state index contributed by atoms with van der Waals surface area (Å²) in [6.07, 6.45) is 0.0796. The van der Waals surface area contributed by atoms with E-state index in [0.717, 1.165) is 19.7 Å². The highest BCUT2D eigenvalue weighted by molar-refractivity contribution is 6.20. The molecule has 2 amide bonds. The number of hydrogen-bond donors (Lipinski definition) is 6. The van der Waals surface area contributed by atoms with Crippen LogP contribution in [0.1, 0.15) is 34.0 Å². The van der Waals surface area contributed by atoms with Crippen molar-refractivity contribution in [3.05, 3.63) is 64.5 Å². The predicted molar refractivity (Wildman–Crippen MR) is 147 cm³/mol. The molecule has 3 atom stereocenters.